The van der Waals surface area contributed by atoms with Gasteiger partial charge in [-0.15, -0.1) is 0 Å². The summed E-state index contributed by atoms with van der Waals surface area (Å²) in [6, 6.07) is 41.4. The Kier molecular flexibility index (Phi) is 8.21. The molecule has 0 bridgehead atoms. The molecule has 52 heavy (non-hydrogen) atoms. The lowest BCUT2D eigenvalue weighted by molar-refractivity contribution is 0.834. The molecule has 0 saturated heterocycles. The molecule has 2 heterocycles. The molecule has 7 aromatic rings. The van der Waals surface area contributed by atoms with Crippen molar-refractivity contribution in [2.24, 2.45) is 0 Å². The average Bonchev–Trinajstić information content (AvgIpc) is 3.71. The van der Waals surface area contributed by atoms with E-state index >= 15 is 0 Å². The molecular formula is C47H33N5. The van der Waals surface area contributed by atoms with Crippen molar-refractivity contribution >= 4 is 44.4 Å². The Morgan fingerprint density at radius 1 is 0.731 bits per heavy atom. The zero-order valence-electron chi connectivity index (χ0n) is 28.7. The highest BCUT2D eigenvalue weighted by atomic mass is 15.0. The van der Waals surface area contributed by atoms with Gasteiger partial charge in [-0.2, -0.15) is 15.8 Å². The molecule has 0 saturated carbocycles. The SMILES string of the molecule is C=C/C=C\c1c(CC)n(-c2cc(C#N)ccc2C2C=C(c3ccc(C#N)c(-n4c5ccccc5c5cc(C#N)ccc54)c3)C=CC2)c2ccccc12. The van der Waals surface area contributed by atoms with Crippen molar-refractivity contribution in [2.75, 3.05) is 0 Å². The molecule has 0 radical (unpaired) electrons. The van der Waals surface area contributed by atoms with Crippen LogP contribution in [0.2, 0.25) is 0 Å². The molecule has 2 aromatic heterocycles. The van der Waals surface area contributed by atoms with E-state index in [4.69, 9.17) is 0 Å². The third-order valence-corrected chi connectivity index (χ3v) is 10.1. The first-order valence-electron chi connectivity index (χ1n) is 17.4. The van der Waals surface area contributed by atoms with Gasteiger partial charge in [0.25, 0.3) is 0 Å². The molecule has 8 rings (SSSR count). The number of benzene rings is 5. The highest BCUT2D eigenvalue weighted by Crippen LogP contribution is 2.40. The molecule has 1 unspecified atom stereocenters. The van der Waals surface area contributed by atoms with Gasteiger partial charge in [0.05, 0.1) is 56.8 Å². The monoisotopic (exact) mass is 667 g/mol. The van der Waals surface area contributed by atoms with Crippen LogP contribution >= 0.6 is 0 Å². The molecule has 5 aromatic carbocycles. The first-order valence-corrected chi connectivity index (χ1v) is 17.4. The second-order valence-electron chi connectivity index (χ2n) is 13.0. The number of hydrogen-bond acceptors (Lipinski definition) is 3. The maximum atomic E-state index is 10.3. The summed E-state index contributed by atoms with van der Waals surface area (Å²) < 4.78 is 4.47. The highest BCUT2D eigenvalue weighted by molar-refractivity contribution is 6.10. The molecule has 246 valence electrons. The van der Waals surface area contributed by atoms with Gasteiger partial charge >= 0.3 is 0 Å². The summed E-state index contributed by atoms with van der Waals surface area (Å²) in [5.74, 6) is 0.0394. The fourth-order valence-corrected chi connectivity index (χ4v) is 7.80. The minimum absolute atomic E-state index is 0.0394. The van der Waals surface area contributed by atoms with E-state index in [1.807, 2.05) is 60.7 Å². The van der Waals surface area contributed by atoms with Crippen LogP contribution in [0, 0.1) is 34.0 Å². The van der Waals surface area contributed by atoms with Crippen LogP contribution in [-0.4, -0.2) is 9.13 Å². The Balaban J connectivity index is 1.30. The maximum absolute atomic E-state index is 10.3. The summed E-state index contributed by atoms with van der Waals surface area (Å²) in [6.45, 7) is 6.07. The average molecular weight is 668 g/mol. The Labute approximate surface area is 302 Å². The zero-order valence-corrected chi connectivity index (χ0v) is 28.7. The van der Waals surface area contributed by atoms with E-state index in [0.717, 1.165) is 79.2 Å². The molecule has 0 amide bonds. The number of para-hydroxylation sites is 2. The fraction of sp³-hybridized carbons (Fsp3) is 0.0851. The number of nitrogens with zero attached hydrogens (tertiary/aromatic N) is 5. The summed E-state index contributed by atoms with van der Waals surface area (Å²) in [7, 11) is 0. The van der Waals surface area contributed by atoms with E-state index in [9.17, 15) is 15.8 Å². The van der Waals surface area contributed by atoms with Gasteiger partial charge in [0.2, 0.25) is 0 Å². The number of aromatic nitrogens is 2. The van der Waals surface area contributed by atoms with Crippen LogP contribution in [0.25, 0.3) is 55.7 Å². The Hall–Kier alpha value is -7.13. The summed E-state index contributed by atoms with van der Waals surface area (Å²) >= 11 is 0. The van der Waals surface area contributed by atoms with Crippen LogP contribution in [0.1, 0.15) is 58.3 Å². The normalized spacial score (nSPS) is 14.0. The first kappa shape index (κ1) is 32.1. The van der Waals surface area contributed by atoms with E-state index in [0.29, 0.717) is 16.7 Å². The third-order valence-electron chi connectivity index (χ3n) is 10.1. The topological polar surface area (TPSA) is 81.2 Å². The molecule has 1 aliphatic rings. The van der Waals surface area contributed by atoms with E-state index in [2.05, 4.69) is 114 Å². The molecule has 1 aliphatic carbocycles. The number of hydrogen-bond donors (Lipinski definition) is 0. The Morgan fingerprint density at radius 3 is 2.19 bits per heavy atom. The number of allylic oxidation sites excluding steroid dienone is 6. The number of nitriles is 3. The van der Waals surface area contributed by atoms with Crippen LogP contribution < -0.4 is 0 Å². The van der Waals surface area contributed by atoms with Gasteiger partial charge in [-0.1, -0.05) is 98.5 Å². The summed E-state index contributed by atoms with van der Waals surface area (Å²) in [5.41, 5.74) is 12.1. The fourth-order valence-electron chi connectivity index (χ4n) is 7.80. The van der Waals surface area contributed by atoms with Gasteiger partial charge in [-0.05, 0) is 84.1 Å². The molecule has 1 atom stereocenters. The van der Waals surface area contributed by atoms with Crippen LogP contribution in [0.15, 0.2) is 140 Å². The van der Waals surface area contributed by atoms with Crippen molar-refractivity contribution in [3.63, 3.8) is 0 Å². The van der Waals surface area contributed by atoms with Crippen molar-refractivity contribution < 1.29 is 0 Å². The Morgan fingerprint density at radius 2 is 1.44 bits per heavy atom. The number of fused-ring (bicyclic) bond motifs is 4. The van der Waals surface area contributed by atoms with Crippen LogP contribution in [0.5, 0.6) is 0 Å². The largest absolute Gasteiger partial charge is 0.313 e. The lowest BCUT2D eigenvalue weighted by Crippen LogP contribution is -2.09. The van der Waals surface area contributed by atoms with Gasteiger partial charge < -0.3 is 9.13 Å². The van der Waals surface area contributed by atoms with E-state index in [1.165, 1.54) is 5.69 Å². The van der Waals surface area contributed by atoms with Crippen LogP contribution in [-0.2, 0) is 6.42 Å². The van der Waals surface area contributed by atoms with Crippen molar-refractivity contribution in [3.05, 3.63) is 179 Å². The molecule has 0 fully saturated rings. The Bertz CT molecular complexity index is 2810. The highest BCUT2D eigenvalue weighted by Gasteiger charge is 2.23. The molecule has 5 nitrogen and oxygen atoms in total. The van der Waals surface area contributed by atoms with Gasteiger partial charge in [-0.25, -0.2) is 0 Å². The molecule has 0 N–H and O–H groups in total. The molecule has 0 spiro atoms. The predicted octanol–water partition coefficient (Wildman–Crippen LogP) is 11.2. The summed E-state index contributed by atoms with van der Waals surface area (Å²) in [5, 5.41) is 33.1. The lowest BCUT2D eigenvalue weighted by Gasteiger charge is -2.23. The van der Waals surface area contributed by atoms with Crippen molar-refractivity contribution in [1.29, 1.82) is 15.8 Å². The molecular weight excluding hydrogens is 635 g/mol. The number of rotatable bonds is 7. The van der Waals surface area contributed by atoms with Gasteiger partial charge in [0.1, 0.15) is 6.07 Å². The molecule has 5 heteroatoms. The lowest BCUT2D eigenvalue weighted by atomic mass is 9.85. The third kappa shape index (κ3) is 5.23. The van der Waals surface area contributed by atoms with Crippen LogP contribution in [0.3, 0.4) is 0 Å². The minimum Gasteiger partial charge on any atom is -0.313 e. The van der Waals surface area contributed by atoms with Crippen molar-refractivity contribution in [3.8, 4) is 29.6 Å². The second-order valence-corrected chi connectivity index (χ2v) is 13.0. The molecule has 0 aliphatic heterocycles. The minimum atomic E-state index is 0.0394. The quantitative estimate of drug-likeness (QED) is 0.159. The van der Waals surface area contributed by atoms with E-state index < -0.39 is 0 Å². The van der Waals surface area contributed by atoms with Gasteiger partial charge in [0.15, 0.2) is 0 Å². The van der Waals surface area contributed by atoms with Gasteiger partial charge in [0, 0.05) is 33.3 Å². The maximum Gasteiger partial charge on any atom is 0.101 e. The van der Waals surface area contributed by atoms with Crippen LogP contribution in [0.4, 0.5) is 0 Å². The van der Waals surface area contributed by atoms with E-state index in [1.54, 1.807) is 6.08 Å². The van der Waals surface area contributed by atoms with Crippen molar-refractivity contribution in [1.82, 2.24) is 9.13 Å². The smallest absolute Gasteiger partial charge is 0.101 e. The second kappa shape index (κ2) is 13.3. The van der Waals surface area contributed by atoms with E-state index in [-0.39, 0.29) is 5.92 Å². The first-order chi connectivity index (χ1) is 25.6. The van der Waals surface area contributed by atoms with Crippen molar-refractivity contribution in [2.45, 2.75) is 25.7 Å². The van der Waals surface area contributed by atoms with Gasteiger partial charge in [-0.3, -0.25) is 0 Å². The standard InChI is InChI=1S/C47H33N5/c1-3-5-13-38-39-14-6-8-16-43(39)51(42(38)4-2)47-25-32(29-49)18-22-37(47)35-12-10-11-33(26-35)34-20-21-36(30-50)46(27-34)52-44-17-9-7-15-40(44)41-24-31(28-48)19-23-45(41)52/h3,5-11,13-27,35H,1,4,12H2,2H3/b13-5-. The summed E-state index contributed by atoms with van der Waals surface area (Å²) in [6.07, 6.45) is 14.2. The summed E-state index contributed by atoms with van der Waals surface area (Å²) in [4.78, 5) is 0. The zero-order chi connectivity index (χ0) is 35.8. The predicted molar refractivity (Wildman–Crippen MR) is 211 cm³/mol.